The number of rotatable bonds is 11. The number of nitrogens with one attached hydrogen (secondary N) is 2. The maximum absolute atomic E-state index is 13.6. The Hall–Kier alpha value is -3.88. The smallest absolute Gasteiger partial charge is 0.408 e. The Labute approximate surface area is 256 Å². The molecular weight excluding hydrogens is 548 g/mol. The van der Waals surface area contributed by atoms with Gasteiger partial charge in [0.25, 0.3) is 0 Å². The van der Waals surface area contributed by atoms with Crippen LogP contribution in [-0.2, 0) is 47.0 Å². The van der Waals surface area contributed by atoms with Crippen molar-refractivity contribution in [3.63, 3.8) is 0 Å². The van der Waals surface area contributed by atoms with Crippen molar-refractivity contribution in [1.82, 2.24) is 10.6 Å². The molecule has 2 amide bonds. The normalized spacial score (nSPS) is 13.3. The third-order valence-electron chi connectivity index (χ3n) is 6.12. The second kappa shape index (κ2) is 15.0. The van der Waals surface area contributed by atoms with Crippen LogP contribution in [0, 0.1) is 0 Å². The number of benzene rings is 2. The molecule has 2 atom stereocenters. The van der Waals surface area contributed by atoms with Crippen LogP contribution in [0.1, 0.15) is 91.8 Å². The summed E-state index contributed by atoms with van der Waals surface area (Å²) in [7, 11) is 0. The van der Waals surface area contributed by atoms with E-state index in [2.05, 4.69) is 31.4 Å². The lowest BCUT2D eigenvalue weighted by atomic mass is 9.85. The highest BCUT2D eigenvalue weighted by atomic mass is 16.6. The maximum Gasteiger partial charge on any atom is 0.408 e. The van der Waals surface area contributed by atoms with Crippen LogP contribution in [0.3, 0.4) is 0 Å². The molecule has 0 heterocycles. The Morgan fingerprint density at radius 1 is 0.721 bits per heavy atom. The molecule has 0 aliphatic rings. The standard InChI is InChI=1S/C34H48N2O7/c1-32(2,3)25-17-13-16-24(20-25)21-27(30(39)43-34(7,8)9)35-29(38)26(18-19-28(37)42-33(4,5)6)36-31(40)41-22-23-14-11-10-12-15-23/h10-17,20,26-27H,18-19,21-22H2,1-9H3,(H,35,38)(H,36,40)/t26-,27-/m0/s1. The van der Waals surface area contributed by atoms with Crippen molar-refractivity contribution in [3.05, 3.63) is 71.3 Å². The summed E-state index contributed by atoms with van der Waals surface area (Å²) < 4.78 is 16.3. The lowest BCUT2D eigenvalue weighted by molar-refractivity contribution is -0.159. The van der Waals surface area contributed by atoms with Crippen molar-refractivity contribution in [1.29, 1.82) is 0 Å². The van der Waals surface area contributed by atoms with E-state index < -0.39 is 47.2 Å². The number of hydrogen-bond donors (Lipinski definition) is 2. The first-order valence-corrected chi connectivity index (χ1v) is 14.6. The molecular formula is C34H48N2O7. The molecule has 0 spiro atoms. The van der Waals surface area contributed by atoms with E-state index in [1.165, 1.54) is 0 Å². The van der Waals surface area contributed by atoms with E-state index in [1.54, 1.807) is 53.7 Å². The number of carbonyl (C=O) groups excluding carboxylic acids is 4. The average Bonchev–Trinajstić information content (AvgIpc) is 2.87. The highest BCUT2D eigenvalue weighted by molar-refractivity contribution is 5.90. The molecule has 236 valence electrons. The largest absolute Gasteiger partial charge is 0.460 e. The van der Waals surface area contributed by atoms with E-state index >= 15 is 0 Å². The number of ether oxygens (including phenoxy) is 3. The van der Waals surface area contributed by atoms with Gasteiger partial charge in [-0.05, 0) is 70.1 Å². The number of amides is 2. The summed E-state index contributed by atoms with van der Waals surface area (Å²) in [4.78, 5) is 52.1. The van der Waals surface area contributed by atoms with Gasteiger partial charge in [0, 0.05) is 12.8 Å². The summed E-state index contributed by atoms with van der Waals surface area (Å²) in [5.41, 5.74) is 1.08. The molecule has 0 unspecified atom stereocenters. The fraction of sp³-hybridized carbons (Fsp3) is 0.529. The molecule has 2 aromatic carbocycles. The Kier molecular flexibility index (Phi) is 12.3. The Balaban J connectivity index is 2.27. The molecule has 0 fully saturated rings. The predicted molar refractivity (Wildman–Crippen MR) is 165 cm³/mol. The third kappa shape index (κ3) is 13.8. The van der Waals surface area contributed by atoms with Gasteiger partial charge in [-0.15, -0.1) is 0 Å². The van der Waals surface area contributed by atoms with E-state index in [4.69, 9.17) is 14.2 Å². The molecule has 2 N–H and O–H groups in total. The Morgan fingerprint density at radius 3 is 1.91 bits per heavy atom. The molecule has 0 aliphatic carbocycles. The van der Waals surface area contributed by atoms with Gasteiger partial charge in [-0.2, -0.15) is 0 Å². The summed E-state index contributed by atoms with van der Waals surface area (Å²) in [5.74, 6) is -1.78. The van der Waals surface area contributed by atoms with Gasteiger partial charge in [-0.25, -0.2) is 9.59 Å². The minimum Gasteiger partial charge on any atom is -0.460 e. The average molecular weight is 597 g/mol. The Bertz CT molecular complexity index is 1240. The highest BCUT2D eigenvalue weighted by Crippen LogP contribution is 2.24. The highest BCUT2D eigenvalue weighted by Gasteiger charge is 2.31. The topological polar surface area (TPSA) is 120 Å². The van der Waals surface area contributed by atoms with E-state index in [-0.39, 0.29) is 31.3 Å². The van der Waals surface area contributed by atoms with Gasteiger partial charge in [-0.3, -0.25) is 9.59 Å². The lowest BCUT2D eigenvalue weighted by Crippen LogP contribution is -2.53. The van der Waals surface area contributed by atoms with E-state index in [9.17, 15) is 19.2 Å². The van der Waals surface area contributed by atoms with Gasteiger partial charge in [0.05, 0.1) is 0 Å². The van der Waals surface area contributed by atoms with Crippen molar-refractivity contribution in [2.24, 2.45) is 0 Å². The van der Waals surface area contributed by atoms with Crippen molar-refractivity contribution >= 4 is 23.9 Å². The second-order valence-corrected chi connectivity index (χ2v) is 13.6. The van der Waals surface area contributed by atoms with Crippen molar-refractivity contribution < 1.29 is 33.4 Å². The SMILES string of the molecule is CC(C)(C)OC(=O)CC[C@H](NC(=O)OCc1ccccc1)C(=O)N[C@@H](Cc1cccc(C(C)(C)C)c1)C(=O)OC(C)(C)C. The van der Waals surface area contributed by atoms with Crippen LogP contribution in [0.2, 0.25) is 0 Å². The number of alkyl carbamates (subject to hydrolysis) is 1. The van der Waals surface area contributed by atoms with Crippen LogP contribution >= 0.6 is 0 Å². The monoisotopic (exact) mass is 596 g/mol. The summed E-state index contributed by atoms with van der Waals surface area (Å²) >= 11 is 0. The van der Waals surface area contributed by atoms with Crippen LogP contribution in [0.15, 0.2) is 54.6 Å². The fourth-order valence-corrected chi connectivity index (χ4v) is 4.07. The number of hydrogen-bond acceptors (Lipinski definition) is 7. The minimum atomic E-state index is -1.18. The molecule has 0 aromatic heterocycles. The lowest BCUT2D eigenvalue weighted by Gasteiger charge is -2.27. The summed E-state index contributed by atoms with van der Waals surface area (Å²) in [6.07, 6.45) is -0.873. The van der Waals surface area contributed by atoms with Crippen LogP contribution < -0.4 is 10.6 Å². The predicted octanol–water partition coefficient (Wildman–Crippen LogP) is 5.77. The summed E-state index contributed by atoms with van der Waals surface area (Å²) in [6.45, 7) is 16.8. The van der Waals surface area contributed by atoms with Gasteiger partial charge >= 0.3 is 18.0 Å². The van der Waals surface area contributed by atoms with Gasteiger partial charge in [0.15, 0.2) is 0 Å². The molecule has 9 nitrogen and oxygen atoms in total. The molecule has 43 heavy (non-hydrogen) atoms. The van der Waals surface area contributed by atoms with Crippen molar-refractivity contribution in [2.75, 3.05) is 0 Å². The molecule has 0 bridgehead atoms. The van der Waals surface area contributed by atoms with Crippen LogP contribution in [0.25, 0.3) is 0 Å². The van der Waals surface area contributed by atoms with Crippen molar-refractivity contribution in [2.45, 2.75) is 117 Å². The molecule has 0 aliphatic heterocycles. The van der Waals surface area contributed by atoms with Gasteiger partial charge in [0.1, 0.15) is 29.9 Å². The third-order valence-corrected chi connectivity index (χ3v) is 6.12. The summed E-state index contributed by atoms with van der Waals surface area (Å²) in [5, 5.41) is 5.32. The van der Waals surface area contributed by atoms with E-state index in [0.29, 0.717) is 0 Å². The Morgan fingerprint density at radius 2 is 1.33 bits per heavy atom. The number of esters is 2. The second-order valence-electron chi connectivity index (χ2n) is 13.6. The zero-order valence-corrected chi connectivity index (χ0v) is 27.0. The van der Waals surface area contributed by atoms with Crippen molar-refractivity contribution in [3.8, 4) is 0 Å². The summed E-state index contributed by atoms with van der Waals surface area (Å²) in [6, 6.07) is 14.7. The van der Waals surface area contributed by atoms with Gasteiger partial charge in [-0.1, -0.05) is 75.4 Å². The van der Waals surface area contributed by atoms with Crippen LogP contribution in [0.5, 0.6) is 0 Å². The van der Waals surface area contributed by atoms with E-state index in [1.807, 2.05) is 42.5 Å². The minimum absolute atomic E-state index is 0.00225. The molecule has 0 radical (unpaired) electrons. The van der Waals surface area contributed by atoms with Gasteiger partial charge < -0.3 is 24.8 Å². The zero-order chi connectivity index (χ0) is 32.4. The van der Waals surface area contributed by atoms with E-state index in [0.717, 1.165) is 16.7 Å². The first-order chi connectivity index (χ1) is 19.8. The van der Waals surface area contributed by atoms with Gasteiger partial charge in [0.2, 0.25) is 5.91 Å². The zero-order valence-electron chi connectivity index (χ0n) is 27.0. The number of carbonyl (C=O) groups is 4. The first-order valence-electron chi connectivity index (χ1n) is 14.6. The van der Waals surface area contributed by atoms with Crippen LogP contribution in [-0.4, -0.2) is 47.2 Å². The van der Waals surface area contributed by atoms with Crippen LogP contribution in [0.4, 0.5) is 4.79 Å². The molecule has 0 saturated carbocycles. The maximum atomic E-state index is 13.6. The molecule has 2 aromatic rings. The first kappa shape index (κ1) is 35.3. The molecule has 0 saturated heterocycles. The molecule has 2 rings (SSSR count). The quantitative estimate of drug-likeness (QED) is 0.250. The molecule has 9 heteroatoms. The fourth-order valence-electron chi connectivity index (χ4n) is 4.07.